The molecular formula is C28H27ClN6O2. The molecule has 0 bridgehead atoms. The number of pyridine rings is 1. The minimum atomic E-state index is -0.552. The third-order valence-corrected chi connectivity index (χ3v) is 7.37. The van der Waals surface area contributed by atoms with Crippen LogP contribution in [0.3, 0.4) is 0 Å². The van der Waals surface area contributed by atoms with Crippen LogP contribution in [0.2, 0.25) is 5.02 Å². The van der Waals surface area contributed by atoms with E-state index in [1.54, 1.807) is 0 Å². The molecule has 0 fully saturated rings. The minimum absolute atomic E-state index is 0.228. The highest BCUT2D eigenvalue weighted by molar-refractivity contribution is 6.34. The molecule has 0 saturated carbocycles. The molecule has 0 amide bonds. The summed E-state index contributed by atoms with van der Waals surface area (Å²) in [6, 6.07) is 16.6. The van der Waals surface area contributed by atoms with Crippen LogP contribution in [0.5, 0.6) is 0 Å². The van der Waals surface area contributed by atoms with E-state index in [-0.39, 0.29) is 6.04 Å². The standard InChI is InChI=1S/C28H27ClN6O2/c1-4-24-31-25-21(29)13-16(2)30-27(25)34(24)15-18-9-12-23-20(14-18)11-10-19-7-5-6-8-22(19)35(23)17(3)26-32-28(36)37-33-26/h5-9,12-14,17H,4,10-11,15H2,1-3H3,(H,32,33,36). The maximum absolute atomic E-state index is 11.7. The van der Waals surface area contributed by atoms with E-state index in [0.29, 0.717) is 17.4 Å². The van der Waals surface area contributed by atoms with Gasteiger partial charge in [0.25, 0.3) is 0 Å². The molecule has 1 aliphatic rings. The summed E-state index contributed by atoms with van der Waals surface area (Å²) in [4.78, 5) is 26.2. The van der Waals surface area contributed by atoms with E-state index < -0.39 is 5.76 Å². The third-order valence-electron chi connectivity index (χ3n) is 7.08. The van der Waals surface area contributed by atoms with Crippen LogP contribution < -0.4 is 10.7 Å². The van der Waals surface area contributed by atoms with Gasteiger partial charge in [0.2, 0.25) is 0 Å². The molecule has 0 spiro atoms. The SMILES string of the molecule is CCc1nc2c(Cl)cc(C)nc2n1Cc1ccc2c(c1)CCc1ccccc1N2C(C)c1noc(=O)[nH]1. The van der Waals surface area contributed by atoms with Gasteiger partial charge in [0, 0.05) is 23.5 Å². The average Bonchev–Trinajstić information content (AvgIpc) is 3.43. The minimum Gasteiger partial charge on any atom is -0.330 e. The number of halogens is 1. The van der Waals surface area contributed by atoms with Gasteiger partial charge in [-0.3, -0.25) is 9.51 Å². The van der Waals surface area contributed by atoms with Crippen LogP contribution in [0.25, 0.3) is 11.2 Å². The number of H-pyrrole nitrogens is 1. The van der Waals surface area contributed by atoms with Crippen LogP contribution in [0, 0.1) is 6.92 Å². The van der Waals surface area contributed by atoms with Crippen molar-refractivity contribution in [3.8, 4) is 0 Å². The second kappa shape index (κ2) is 9.19. The number of aryl methyl sites for hydroxylation is 4. The first-order valence-corrected chi connectivity index (χ1v) is 12.9. The van der Waals surface area contributed by atoms with Crippen molar-refractivity contribution in [3.63, 3.8) is 0 Å². The molecule has 2 aromatic carbocycles. The van der Waals surface area contributed by atoms with Gasteiger partial charge in [-0.05, 0) is 61.6 Å². The van der Waals surface area contributed by atoms with Crippen LogP contribution in [0.1, 0.15) is 53.9 Å². The maximum atomic E-state index is 11.7. The fourth-order valence-electron chi connectivity index (χ4n) is 5.32. The van der Waals surface area contributed by atoms with Crippen molar-refractivity contribution < 1.29 is 4.52 Å². The number of fused-ring (bicyclic) bond motifs is 3. The molecule has 6 rings (SSSR count). The van der Waals surface area contributed by atoms with E-state index in [0.717, 1.165) is 53.3 Å². The number of anilines is 2. The molecule has 3 aromatic heterocycles. The number of para-hydroxylation sites is 1. The number of benzene rings is 2. The van der Waals surface area contributed by atoms with Gasteiger partial charge in [-0.1, -0.05) is 54.0 Å². The Hall–Kier alpha value is -3.91. The molecule has 0 saturated heterocycles. The number of imidazole rings is 1. The van der Waals surface area contributed by atoms with Crippen LogP contribution in [0.4, 0.5) is 11.4 Å². The van der Waals surface area contributed by atoms with Crippen molar-refractivity contribution in [1.82, 2.24) is 24.7 Å². The average molecular weight is 515 g/mol. The highest BCUT2D eigenvalue weighted by Crippen LogP contribution is 2.41. The van der Waals surface area contributed by atoms with E-state index in [9.17, 15) is 4.79 Å². The van der Waals surface area contributed by atoms with Crippen molar-refractivity contribution in [2.24, 2.45) is 0 Å². The number of rotatable bonds is 5. The number of aromatic nitrogens is 5. The van der Waals surface area contributed by atoms with E-state index >= 15 is 0 Å². The van der Waals surface area contributed by atoms with Crippen LogP contribution in [0.15, 0.2) is 57.8 Å². The topological polar surface area (TPSA) is 92.8 Å². The summed E-state index contributed by atoms with van der Waals surface area (Å²) in [6.45, 7) is 6.72. The quantitative estimate of drug-likeness (QED) is 0.324. The molecule has 1 aliphatic heterocycles. The second-order valence-corrected chi connectivity index (χ2v) is 9.91. The molecule has 9 heteroatoms. The fourth-order valence-corrected chi connectivity index (χ4v) is 5.61. The van der Waals surface area contributed by atoms with E-state index in [4.69, 9.17) is 26.1 Å². The summed E-state index contributed by atoms with van der Waals surface area (Å²) < 4.78 is 6.99. The summed E-state index contributed by atoms with van der Waals surface area (Å²) in [5, 5.41) is 4.62. The van der Waals surface area contributed by atoms with Gasteiger partial charge in [0.1, 0.15) is 11.3 Å². The molecule has 1 N–H and O–H groups in total. The molecule has 0 radical (unpaired) electrons. The summed E-state index contributed by atoms with van der Waals surface area (Å²) in [6.07, 6.45) is 2.59. The maximum Gasteiger partial charge on any atom is 0.438 e. The van der Waals surface area contributed by atoms with Gasteiger partial charge in [-0.25, -0.2) is 14.8 Å². The van der Waals surface area contributed by atoms with Gasteiger partial charge in [-0.15, -0.1) is 0 Å². The molecule has 4 heterocycles. The second-order valence-electron chi connectivity index (χ2n) is 9.50. The Morgan fingerprint density at radius 3 is 2.65 bits per heavy atom. The zero-order chi connectivity index (χ0) is 25.7. The Balaban J connectivity index is 1.44. The summed E-state index contributed by atoms with van der Waals surface area (Å²) in [7, 11) is 0. The van der Waals surface area contributed by atoms with Crippen molar-refractivity contribution in [2.45, 2.75) is 52.6 Å². The van der Waals surface area contributed by atoms with Gasteiger partial charge >= 0.3 is 5.76 Å². The Bertz CT molecular complexity index is 1680. The Morgan fingerprint density at radius 1 is 1.08 bits per heavy atom. The molecule has 37 heavy (non-hydrogen) atoms. The van der Waals surface area contributed by atoms with Crippen LogP contribution in [-0.4, -0.2) is 24.7 Å². The number of hydrogen-bond donors (Lipinski definition) is 1. The molecule has 0 aliphatic carbocycles. The molecule has 5 aromatic rings. The lowest BCUT2D eigenvalue weighted by Crippen LogP contribution is -2.24. The highest BCUT2D eigenvalue weighted by atomic mass is 35.5. The number of nitrogens with zero attached hydrogens (tertiary/aromatic N) is 5. The zero-order valence-electron chi connectivity index (χ0n) is 21.0. The smallest absolute Gasteiger partial charge is 0.330 e. The van der Waals surface area contributed by atoms with E-state index in [1.807, 2.05) is 26.0 Å². The first-order valence-electron chi connectivity index (χ1n) is 12.5. The molecule has 8 nitrogen and oxygen atoms in total. The lowest BCUT2D eigenvalue weighted by molar-refractivity contribution is 0.378. The van der Waals surface area contributed by atoms with Gasteiger partial charge < -0.3 is 9.47 Å². The van der Waals surface area contributed by atoms with Crippen LogP contribution in [-0.2, 0) is 25.8 Å². The fraction of sp³-hybridized carbons (Fsp3) is 0.286. The van der Waals surface area contributed by atoms with Gasteiger partial charge in [0.05, 0.1) is 17.6 Å². The first kappa shape index (κ1) is 23.5. The van der Waals surface area contributed by atoms with Crippen molar-refractivity contribution in [1.29, 1.82) is 0 Å². The molecular weight excluding hydrogens is 488 g/mol. The van der Waals surface area contributed by atoms with E-state index in [1.165, 1.54) is 16.7 Å². The molecule has 1 atom stereocenters. The lowest BCUT2D eigenvalue weighted by Gasteiger charge is -2.31. The predicted molar refractivity (Wildman–Crippen MR) is 144 cm³/mol. The summed E-state index contributed by atoms with van der Waals surface area (Å²) >= 11 is 6.51. The number of aromatic amines is 1. The van der Waals surface area contributed by atoms with Gasteiger partial charge in [0.15, 0.2) is 11.5 Å². The highest BCUT2D eigenvalue weighted by Gasteiger charge is 2.28. The van der Waals surface area contributed by atoms with E-state index in [2.05, 4.69) is 62.9 Å². The summed E-state index contributed by atoms with van der Waals surface area (Å²) in [5.41, 5.74) is 8.28. The number of hydrogen-bond acceptors (Lipinski definition) is 6. The Labute approximate surface area is 218 Å². The Kier molecular flexibility index (Phi) is 5.83. The third kappa shape index (κ3) is 4.11. The molecule has 188 valence electrons. The van der Waals surface area contributed by atoms with Crippen molar-refractivity contribution >= 4 is 34.1 Å². The number of nitrogens with one attached hydrogen (secondary N) is 1. The monoisotopic (exact) mass is 514 g/mol. The van der Waals surface area contributed by atoms with Gasteiger partial charge in [-0.2, -0.15) is 0 Å². The lowest BCUT2D eigenvalue weighted by atomic mass is 10.0. The zero-order valence-corrected chi connectivity index (χ0v) is 21.7. The van der Waals surface area contributed by atoms with Crippen LogP contribution >= 0.6 is 11.6 Å². The molecule has 1 unspecified atom stereocenters. The summed E-state index contributed by atoms with van der Waals surface area (Å²) in [5.74, 6) is 0.902. The normalized spacial score (nSPS) is 13.9. The predicted octanol–water partition coefficient (Wildman–Crippen LogP) is 5.68. The van der Waals surface area contributed by atoms with Crippen molar-refractivity contribution in [3.05, 3.63) is 98.1 Å². The first-order chi connectivity index (χ1) is 17.9. The largest absolute Gasteiger partial charge is 0.438 e. The van der Waals surface area contributed by atoms with Crippen molar-refractivity contribution in [2.75, 3.05) is 4.90 Å². The Morgan fingerprint density at radius 2 is 1.86 bits per heavy atom.